The lowest BCUT2D eigenvalue weighted by atomic mass is 10.3. The van der Waals surface area contributed by atoms with E-state index in [0.717, 1.165) is 5.56 Å². The lowest BCUT2D eigenvalue weighted by Crippen LogP contribution is -2.13. The number of hydrogen-bond donors (Lipinski definition) is 1. The average Bonchev–Trinajstić information content (AvgIpc) is 2.04. The Morgan fingerprint density at radius 3 is 2.46 bits per heavy atom. The third-order valence-electron chi connectivity index (χ3n) is 1.86. The fourth-order valence-electron chi connectivity index (χ4n) is 0.875. The molecule has 1 aromatic heterocycles. The fraction of sp³-hybridized carbons (Fsp3) is 0.444. The molecule has 0 fully saturated rings. The summed E-state index contributed by atoms with van der Waals surface area (Å²) >= 11 is 0. The predicted octanol–water partition coefficient (Wildman–Crippen LogP) is 2.20. The van der Waals surface area contributed by atoms with Crippen molar-refractivity contribution in [2.45, 2.75) is 31.0 Å². The zero-order chi connectivity index (χ0) is 10.1. The van der Waals surface area contributed by atoms with Crippen molar-refractivity contribution >= 4 is 9.73 Å². The second kappa shape index (κ2) is 3.46. The summed E-state index contributed by atoms with van der Waals surface area (Å²) in [5.41, 5.74) is 1.02. The minimum atomic E-state index is -2.70. The lowest BCUT2D eigenvalue weighted by Gasteiger charge is -2.09. The van der Waals surface area contributed by atoms with Crippen LogP contribution < -0.4 is 0 Å². The standard InChI is InChI=1S/C9H14N2OS/c1-7(2)13(10,12)9-5-4-8(3)6-11-9/h4-7,10H,1-3H3. The second-order valence-electron chi connectivity index (χ2n) is 3.32. The Hall–Kier alpha value is -0.900. The molecular formula is C9H14N2OS. The van der Waals surface area contributed by atoms with Crippen LogP contribution in [0, 0.1) is 11.7 Å². The molecule has 1 atom stereocenters. The maximum atomic E-state index is 11.8. The Kier molecular flexibility index (Phi) is 2.71. The SMILES string of the molecule is Cc1ccc(S(=N)(=O)C(C)C)nc1. The topological polar surface area (TPSA) is 53.8 Å². The molecule has 4 heteroatoms. The van der Waals surface area contributed by atoms with Crippen molar-refractivity contribution in [2.75, 3.05) is 0 Å². The van der Waals surface area contributed by atoms with Gasteiger partial charge in [0.1, 0.15) is 5.03 Å². The van der Waals surface area contributed by atoms with E-state index in [-0.39, 0.29) is 5.25 Å². The first-order valence-corrected chi connectivity index (χ1v) is 5.77. The number of nitrogens with zero attached hydrogens (tertiary/aromatic N) is 1. The number of hydrogen-bond acceptors (Lipinski definition) is 3. The number of aromatic nitrogens is 1. The summed E-state index contributed by atoms with van der Waals surface area (Å²) in [5.74, 6) is 0. The third-order valence-corrected chi connectivity index (χ3v) is 4.05. The third kappa shape index (κ3) is 2.06. The molecule has 1 rings (SSSR count). The molecule has 1 unspecified atom stereocenters. The molecule has 0 aromatic carbocycles. The summed E-state index contributed by atoms with van der Waals surface area (Å²) in [6.07, 6.45) is 1.64. The first-order chi connectivity index (χ1) is 5.94. The van der Waals surface area contributed by atoms with Gasteiger partial charge in [0.25, 0.3) is 0 Å². The van der Waals surface area contributed by atoms with Crippen LogP contribution in [0.15, 0.2) is 23.4 Å². The van der Waals surface area contributed by atoms with E-state index < -0.39 is 9.73 Å². The molecule has 3 nitrogen and oxygen atoms in total. The highest BCUT2D eigenvalue weighted by Gasteiger charge is 2.15. The molecule has 0 aliphatic rings. The summed E-state index contributed by atoms with van der Waals surface area (Å²) in [4.78, 5) is 4.01. The van der Waals surface area contributed by atoms with Gasteiger partial charge in [0, 0.05) is 11.4 Å². The van der Waals surface area contributed by atoms with Crippen molar-refractivity contribution in [2.24, 2.45) is 0 Å². The molecule has 0 saturated carbocycles. The summed E-state index contributed by atoms with van der Waals surface area (Å²) in [6, 6.07) is 3.50. The van der Waals surface area contributed by atoms with E-state index in [9.17, 15) is 4.21 Å². The quantitative estimate of drug-likeness (QED) is 0.792. The maximum Gasteiger partial charge on any atom is 0.135 e. The predicted molar refractivity (Wildman–Crippen MR) is 53.2 cm³/mol. The lowest BCUT2D eigenvalue weighted by molar-refractivity contribution is 0.664. The fourth-order valence-corrected chi connectivity index (χ4v) is 1.84. The maximum absolute atomic E-state index is 11.8. The zero-order valence-electron chi connectivity index (χ0n) is 8.07. The molecule has 72 valence electrons. The van der Waals surface area contributed by atoms with E-state index >= 15 is 0 Å². The van der Waals surface area contributed by atoms with Crippen LogP contribution in [-0.4, -0.2) is 14.4 Å². The Labute approximate surface area is 79.2 Å². The van der Waals surface area contributed by atoms with Crippen LogP contribution in [0.4, 0.5) is 0 Å². The van der Waals surface area contributed by atoms with Gasteiger partial charge < -0.3 is 0 Å². The van der Waals surface area contributed by atoms with Crippen molar-refractivity contribution in [3.8, 4) is 0 Å². The van der Waals surface area contributed by atoms with Gasteiger partial charge in [0.2, 0.25) is 0 Å². The Balaban J connectivity index is 3.17. The zero-order valence-corrected chi connectivity index (χ0v) is 8.89. The molecule has 0 aliphatic carbocycles. The van der Waals surface area contributed by atoms with Gasteiger partial charge in [-0.3, -0.25) is 0 Å². The van der Waals surface area contributed by atoms with Crippen molar-refractivity contribution in [1.29, 1.82) is 4.78 Å². The molecule has 1 N–H and O–H groups in total. The van der Waals surface area contributed by atoms with Crippen LogP contribution >= 0.6 is 0 Å². The summed E-state index contributed by atoms with van der Waals surface area (Å²) in [5, 5.41) is 0.191. The largest absolute Gasteiger partial charge is 0.247 e. The van der Waals surface area contributed by atoms with Gasteiger partial charge in [-0.15, -0.1) is 0 Å². The molecule has 0 spiro atoms. The van der Waals surface area contributed by atoms with Gasteiger partial charge in [0.05, 0.1) is 9.73 Å². The molecule has 0 saturated heterocycles. The van der Waals surface area contributed by atoms with Gasteiger partial charge in [0.15, 0.2) is 0 Å². The minimum absolute atomic E-state index is 0.192. The van der Waals surface area contributed by atoms with Gasteiger partial charge in [-0.25, -0.2) is 14.0 Å². The van der Waals surface area contributed by atoms with Crippen LogP contribution in [-0.2, 0) is 9.73 Å². The van der Waals surface area contributed by atoms with Crippen LogP contribution in [0.5, 0.6) is 0 Å². The molecule has 13 heavy (non-hydrogen) atoms. The van der Waals surface area contributed by atoms with Crippen molar-refractivity contribution in [3.63, 3.8) is 0 Å². The molecule has 1 aromatic rings. The van der Waals surface area contributed by atoms with Crippen molar-refractivity contribution in [3.05, 3.63) is 23.9 Å². The van der Waals surface area contributed by atoms with Gasteiger partial charge in [-0.1, -0.05) is 6.07 Å². The summed E-state index contributed by atoms with van der Waals surface area (Å²) in [7, 11) is -2.70. The second-order valence-corrected chi connectivity index (χ2v) is 5.89. The Bertz CT molecular complexity index is 379. The van der Waals surface area contributed by atoms with E-state index in [4.69, 9.17) is 4.78 Å². The van der Waals surface area contributed by atoms with Crippen LogP contribution in [0.2, 0.25) is 0 Å². The number of pyridine rings is 1. The normalized spacial score (nSPS) is 15.7. The molecule has 0 bridgehead atoms. The first kappa shape index (κ1) is 10.2. The molecule has 0 aliphatic heterocycles. The highest BCUT2D eigenvalue weighted by atomic mass is 32.2. The van der Waals surface area contributed by atoms with Crippen LogP contribution in [0.25, 0.3) is 0 Å². The summed E-state index contributed by atoms with van der Waals surface area (Å²) in [6.45, 7) is 5.46. The van der Waals surface area contributed by atoms with E-state index in [2.05, 4.69) is 4.98 Å². The highest BCUT2D eigenvalue weighted by molar-refractivity contribution is 7.92. The van der Waals surface area contributed by atoms with Gasteiger partial charge in [-0.2, -0.15) is 0 Å². The molecule has 0 radical (unpaired) electrons. The van der Waals surface area contributed by atoms with Gasteiger partial charge in [-0.05, 0) is 32.4 Å². The monoisotopic (exact) mass is 198 g/mol. The van der Waals surface area contributed by atoms with E-state index in [1.54, 1.807) is 26.1 Å². The van der Waals surface area contributed by atoms with E-state index in [1.165, 1.54) is 0 Å². The summed E-state index contributed by atoms with van der Waals surface area (Å²) < 4.78 is 19.5. The van der Waals surface area contributed by atoms with Crippen LogP contribution in [0.3, 0.4) is 0 Å². The number of nitrogens with one attached hydrogen (secondary N) is 1. The number of rotatable bonds is 2. The minimum Gasteiger partial charge on any atom is -0.247 e. The van der Waals surface area contributed by atoms with Crippen LogP contribution in [0.1, 0.15) is 19.4 Å². The van der Waals surface area contributed by atoms with E-state index in [1.807, 2.05) is 13.0 Å². The smallest absolute Gasteiger partial charge is 0.135 e. The molecule has 1 heterocycles. The number of aryl methyl sites for hydroxylation is 1. The Morgan fingerprint density at radius 1 is 1.46 bits per heavy atom. The average molecular weight is 198 g/mol. The molecule has 0 amide bonds. The van der Waals surface area contributed by atoms with Crippen molar-refractivity contribution in [1.82, 2.24) is 4.98 Å². The molecular weight excluding hydrogens is 184 g/mol. The Morgan fingerprint density at radius 2 is 2.08 bits per heavy atom. The van der Waals surface area contributed by atoms with Crippen molar-refractivity contribution < 1.29 is 4.21 Å². The van der Waals surface area contributed by atoms with Gasteiger partial charge >= 0.3 is 0 Å². The van der Waals surface area contributed by atoms with E-state index in [0.29, 0.717) is 5.03 Å². The highest BCUT2D eigenvalue weighted by Crippen LogP contribution is 2.13. The first-order valence-electron chi connectivity index (χ1n) is 4.15.